The highest BCUT2D eigenvalue weighted by atomic mass is 35.5. The molecule has 0 aliphatic heterocycles. The molecule has 7 heteroatoms. The number of carbonyl (C=O) groups is 1. The zero-order chi connectivity index (χ0) is 14.5. The van der Waals surface area contributed by atoms with Gasteiger partial charge in [-0.25, -0.2) is 14.8 Å². The normalized spacial score (nSPS) is 10.3. The minimum Gasteiger partial charge on any atom is -0.476 e. The van der Waals surface area contributed by atoms with Gasteiger partial charge in [-0.2, -0.15) is 0 Å². The van der Waals surface area contributed by atoms with Gasteiger partial charge >= 0.3 is 5.97 Å². The third-order valence-electron chi connectivity index (χ3n) is 2.41. The SMILES string of the molecule is O=C(O)c1cnc(OCCO)c(-c2ccc(Cl)cc2)n1. The van der Waals surface area contributed by atoms with Crippen molar-refractivity contribution < 1.29 is 19.7 Å². The van der Waals surface area contributed by atoms with Gasteiger partial charge in [0.1, 0.15) is 12.3 Å². The van der Waals surface area contributed by atoms with Crippen molar-refractivity contribution in [2.45, 2.75) is 0 Å². The first-order valence-electron chi connectivity index (χ1n) is 5.71. The van der Waals surface area contributed by atoms with E-state index in [1.807, 2.05) is 0 Å². The molecule has 6 nitrogen and oxygen atoms in total. The molecule has 1 aromatic carbocycles. The van der Waals surface area contributed by atoms with Gasteiger partial charge in [0.15, 0.2) is 5.69 Å². The van der Waals surface area contributed by atoms with Gasteiger partial charge in [-0.15, -0.1) is 0 Å². The van der Waals surface area contributed by atoms with Crippen molar-refractivity contribution in [1.29, 1.82) is 0 Å². The molecule has 0 unspecified atom stereocenters. The predicted octanol–water partition coefficient (Wildman–Crippen LogP) is 1.87. The Labute approximate surface area is 119 Å². The maximum atomic E-state index is 11.0. The monoisotopic (exact) mass is 294 g/mol. The topological polar surface area (TPSA) is 92.5 Å². The summed E-state index contributed by atoms with van der Waals surface area (Å²) in [5.74, 6) is -1.02. The third-order valence-corrected chi connectivity index (χ3v) is 2.66. The van der Waals surface area contributed by atoms with E-state index < -0.39 is 5.97 Å². The molecule has 0 bridgehead atoms. The molecule has 1 heterocycles. The Balaban J connectivity index is 2.47. The Morgan fingerprint density at radius 3 is 2.60 bits per heavy atom. The zero-order valence-corrected chi connectivity index (χ0v) is 11.0. The molecule has 0 aliphatic rings. The molecule has 0 atom stereocenters. The van der Waals surface area contributed by atoms with Crippen molar-refractivity contribution in [2.24, 2.45) is 0 Å². The molecule has 0 saturated heterocycles. The van der Waals surface area contributed by atoms with Gasteiger partial charge in [-0.05, 0) is 12.1 Å². The lowest BCUT2D eigenvalue weighted by Gasteiger charge is -2.09. The van der Waals surface area contributed by atoms with Crippen LogP contribution in [0.4, 0.5) is 0 Å². The summed E-state index contributed by atoms with van der Waals surface area (Å²) in [6, 6.07) is 6.68. The molecule has 0 spiro atoms. The number of benzene rings is 1. The fourth-order valence-corrected chi connectivity index (χ4v) is 1.65. The quantitative estimate of drug-likeness (QED) is 0.874. The fraction of sp³-hybridized carbons (Fsp3) is 0.154. The van der Waals surface area contributed by atoms with Gasteiger partial charge in [-0.1, -0.05) is 23.7 Å². The number of halogens is 1. The Kier molecular flexibility index (Phi) is 4.49. The molecule has 1 aromatic heterocycles. The van der Waals surface area contributed by atoms with E-state index in [1.165, 1.54) is 0 Å². The van der Waals surface area contributed by atoms with Gasteiger partial charge in [-0.3, -0.25) is 0 Å². The Hall–Kier alpha value is -2.18. The van der Waals surface area contributed by atoms with E-state index in [0.29, 0.717) is 10.6 Å². The number of aromatic nitrogens is 2. The molecule has 0 saturated carbocycles. The molecule has 0 fully saturated rings. The third kappa shape index (κ3) is 3.23. The number of aliphatic hydroxyl groups excluding tert-OH is 1. The largest absolute Gasteiger partial charge is 0.476 e. The summed E-state index contributed by atoms with van der Waals surface area (Å²) < 4.78 is 5.26. The van der Waals surface area contributed by atoms with Gasteiger partial charge in [0.2, 0.25) is 5.88 Å². The van der Waals surface area contributed by atoms with Crippen LogP contribution in [0.25, 0.3) is 11.3 Å². The van der Waals surface area contributed by atoms with E-state index in [-0.39, 0.29) is 30.5 Å². The number of hydrogen-bond acceptors (Lipinski definition) is 5. The van der Waals surface area contributed by atoms with Gasteiger partial charge in [0.05, 0.1) is 12.8 Å². The zero-order valence-electron chi connectivity index (χ0n) is 10.3. The maximum absolute atomic E-state index is 11.0. The van der Waals surface area contributed by atoms with Crippen molar-refractivity contribution in [3.05, 3.63) is 41.2 Å². The second-order valence-corrected chi connectivity index (χ2v) is 4.23. The molecular weight excluding hydrogens is 284 g/mol. The first kappa shape index (κ1) is 14.2. The molecule has 104 valence electrons. The minimum absolute atomic E-state index is 0.0433. The fourth-order valence-electron chi connectivity index (χ4n) is 1.52. The van der Waals surface area contributed by atoms with Gasteiger partial charge in [0, 0.05) is 10.6 Å². The maximum Gasteiger partial charge on any atom is 0.356 e. The van der Waals surface area contributed by atoms with Crippen LogP contribution < -0.4 is 4.74 Å². The van der Waals surface area contributed by atoms with Crippen LogP contribution in [0.5, 0.6) is 5.88 Å². The van der Waals surface area contributed by atoms with Gasteiger partial charge < -0.3 is 14.9 Å². The average molecular weight is 295 g/mol. The standard InChI is InChI=1S/C13H11ClN2O4/c14-9-3-1-8(2-4-9)11-12(20-6-5-17)15-7-10(16-11)13(18)19/h1-4,7,17H,5-6H2,(H,18,19). The molecular formula is C13H11ClN2O4. The lowest BCUT2D eigenvalue weighted by molar-refractivity contribution is 0.0690. The Bertz CT molecular complexity index is 616. The van der Waals surface area contributed by atoms with Crippen molar-refractivity contribution in [3.63, 3.8) is 0 Å². The van der Waals surface area contributed by atoms with Crippen LogP contribution in [0, 0.1) is 0 Å². The lowest BCUT2D eigenvalue weighted by Crippen LogP contribution is -2.08. The van der Waals surface area contributed by atoms with Crippen molar-refractivity contribution in [3.8, 4) is 17.1 Å². The van der Waals surface area contributed by atoms with Crippen LogP contribution in [0.3, 0.4) is 0 Å². The van der Waals surface area contributed by atoms with Crippen LogP contribution in [0.2, 0.25) is 5.02 Å². The summed E-state index contributed by atoms with van der Waals surface area (Å²) in [5, 5.41) is 18.3. The molecule has 20 heavy (non-hydrogen) atoms. The van der Waals surface area contributed by atoms with E-state index in [9.17, 15) is 4.79 Å². The highest BCUT2D eigenvalue weighted by Gasteiger charge is 2.14. The summed E-state index contributed by atoms with van der Waals surface area (Å²) in [7, 11) is 0. The molecule has 0 amide bonds. The van der Waals surface area contributed by atoms with E-state index in [1.54, 1.807) is 24.3 Å². The molecule has 2 aromatic rings. The van der Waals surface area contributed by atoms with Crippen LogP contribution in [-0.2, 0) is 0 Å². The van der Waals surface area contributed by atoms with Crippen LogP contribution in [0.1, 0.15) is 10.5 Å². The van der Waals surface area contributed by atoms with Crippen LogP contribution in [0.15, 0.2) is 30.5 Å². The number of rotatable bonds is 5. The summed E-state index contributed by atoms with van der Waals surface area (Å²) >= 11 is 5.81. The Morgan fingerprint density at radius 1 is 1.30 bits per heavy atom. The van der Waals surface area contributed by atoms with Crippen molar-refractivity contribution >= 4 is 17.6 Å². The number of aliphatic hydroxyl groups is 1. The number of carboxylic acid groups (broad SMARTS) is 1. The van der Waals surface area contributed by atoms with E-state index in [0.717, 1.165) is 6.20 Å². The smallest absolute Gasteiger partial charge is 0.356 e. The lowest BCUT2D eigenvalue weighted by atomic mass is 10.1. The summed E-state index contributed by atoms with van der Waals surface area (Å²) in [6.45, 7) is -0.135. The number of aromatic carboxylic acids is 1. The second kappa shape index (κ2) is 6.31. The minimum atomic E-state index is -1.18. The average Bonchev–Trinajstić information content (AvgIpc) is 2.45. The molecule has 2 N–H and O–H groups in total. The van der Waals surface area contributed by atoms with E-state index in [4.69, 9.17) is 26.6 Å². The van der Waals surface area contributed by atoms with Crippen LogP contribution >= 0.6 is 11.6 Å². The highest BCUT2D eigenvalue weighted by molar-refractivity contribution is 6.30. The molecule has 0 aliphatic carbocycles. The van der Waals surface area contributed by atoms with Crippen molar-refractivity contribution in [1.82, 2.24) is 9.97 Å². The highest BCUT2D eigenvalue weighted by Crippen LogP contribution is 2.27. The number of ether oxygens (including phenoxy) is 1. The van der Waals surface area contributed by atoms with Crippen molar-refractivity contribution in [2.75, 3.05) is 13.2 Å². The van der Waals surface area contributed by atoms with Gasteiger partial charge in [0.25, 0.3) is 0 Å². The molecule has 2 rings (SSSR count). The first-order valence-corrected chi connectivity index (χ1v) is 6.09. The summed E-state index contributed by atoms with van der Waals surface area (Å²) in [4.78, 5) is 18.9. The molecule has 0 radical (unpaired) electrons. The number of carboxylic acids is 1. The van der Waals surface area contributed by atoms with E-state index in [2.05, 4.69) is 9.97 Å². The second-order valence-electron chi connectivity index (χ2n) is 3.79. The number of nitrogens with zero attached hydrogens (tertiary/aromatic N) is 2. The number of hydrogen-bond donors (Lipinski definition) is 2. The summed E-state index contributed by atoms with van der Waals surface area (Å²) in [6.07, 6.45) is 1.11. The predicted molar refractivity (Wildman–Crippen MR) is 72.0 cm³/mol. The van der Waals surface area contributed by atoms with E-state index >= 15 is 0 Å². The van der Waals surface area contributed by atoms with Crippen LogP contribution in [-0.4, -0.2) is 39.4 Å². The summed E-state index contributed by atoms with van der Waals surface area (Å²) in [5.41, 5.74) is 0.722. The Morgan fingerprint density at radius 2 is 2.00 bits per heavy atom. The first-order chi connectivity index (χ1) is 9.61.